The number of carbonyl (C=O) groups excluding carboxylic acids is 1. The standard InChI is InChI=1S/C9H11ClN2O3/c1-3-15-8(13)5-12-9(14)6(2)7(10)4-11-12/h4H,3,5H2,1-2H3. The lowest BCUT2D eigenvalue weighted by atomic mass is 10.3. The highest BCUT2D eigenvalue weighted by Crippen LogP contribution is 2.06. The molecule has 0 aliphatic heterocycles. The highest BCUT2D eigenvalue weighted by molar-refractivity contribution is 6.31. The van der Waals surface area contributed by atoms with Crippen molar-refractivity contribution in [3.05, 3.63) is 27.1 Å². The zero-order valence-electron chi connectivity index (χ0n) is 8.49. The van der Waals surface area contributed by atoms with E-state index in [4.69, 9.17) is 16.3 Å². The van der Waals surface area contributed by atoms with Crippen molar-refractivity contribution in [3.8, 4) is 0 Å². The largest absolute Gasteiger partial charge is 0.465 e. The van der Waals surface area contributed by atoms with E-state index in [-0.39, 0.29) is 18.7 Å². The van der Waals surface area contributed by atoms with Crippen molar-refractivity contribution in [2.75, 3.05) is 6.61 Å². The molecule has 0 N–H and O–H groups in total. The fraction of sp³-hybridized carbons (Fsp3) is 0.444. The van der Waals surface area contributed by atoms with Crippen molar-refractivity contribution in [2.45, 2.75) is 20.4 Å². The molecule has 0 bridgehead atoms. The maximum atomic E-state index is 11.5. The molecule has 0 saturated carbocycles. The third kappa shape index (κ3) is 2.79. The topological polar surface area (TPSA) is 61.2 Å². The minimum atomic E-state index is -0.492. The Hall–Kier alpha value is -1.36. The molecule has 0 amide bonds. The van der Waals surface area contributed by atoms with Gasteiger partial charge in [-0.1, -0.05) is 11.6 Å². The van der Waals surface area contributed by atoms with Gasteiger partial charge >= 0.3 is 5.97 Å². The van der Waals surface area contributed by atoms with Crippen LogP contribution in [0.15, 0.2) is 11.0 Å². The van der Waals surface area contributed by atoms with Crippen LogP contribution in [0.4, 0.5) is 0 Å². The van der Waals surface area contributed by atoms with Crippen molar-refractivity contribution in [1.29, 1.82) is 0 Å². The van der Waals surface area contributed by atoms with Crippen LogP contribution in [0.3, 0.4) is 0 Å². The van der Waals surface area contributed by atoms with Gasteiger partial charge in [-0.3, -0.25) is 9.59 Å². The Labute approximate surface area is 91.6 Å². The van der Waals surface area contributed by atoms with E-state index in [0.29, 0.717) is 10.6 Å². The van der Waals surface area contributed by atoms with Gasteiger partial charge in [-0.2, -0.15) is 5.10 Å². The number of nitrogens with zero attached hydrogens (tertiary/aromatic N) is 2. The lowest BCUT2D eigenvalue weighted by Gasteiger charge is -2.05. The summed E-state index contributed by atoms with van der Waals surface area (Å²) < 4.78 is 5.73. The summed E-state index contributed by atoms with van der Waals surface area (Å²) in [7, 11) is 0. The van der Waals surface area contributed by atoms with Crippen LogP contribution in [0.5, 0.6) is 0 Å². The highest BCUT2D eigenvalue weighted by atomic mass is 35.5. The van der Waals surface area contributed by atoms with Gasteiger partial charge in [0, 0.05) is 5.56 Å². The predicted molar refractivity (Wildman–Crippen MR) is 54.9 cm³/mol. The Morgan fingerprint density at radius 1 is 1.67 bits per heavy atom. The Kier molecular flexibility index (Phi) is 3.85. The summed E-state index contributed by atoms with van der Waals surface area (Å²) in [5, 5.41) is 4.02. The summed E-state index contributed by atoms with van der Waals surface area (Å²) in [6.45, 7) is 3.36. The normalized spacial score (nSPS) is 10.1. The molecule has 1 aromatic rings. The zero-order valence-corrected chi connectivity index (χ0v) is 9.24. The molecule has 0 saturated heterocycles. The number of ether oxygens (including phenoxy) is 1. The molecule has 15 heavy (non-hydrogen) atoms. The molecule has 0 aliphatic rings. The van der Waals surface area contributed by atoms with Gasteiger partial charge in [-0.05, 0) is 13.8 Å². The lowest BCUT2D eigenvalue weighted by Crippen LogP contribution is -2.29. The van der Waals surface area contributed by atoms with E-state index in [1.54, 1.807) is 13.8 Å². The van der Waals surface area contributed by atoms with Crippen LogP contribution >= 0.6 is 11.6 Å². The maximum absolute atomic E-state index is 11.5. The molecule has 82 valence electrons. The van der Waals surface area contributed by atoms with Gasteiger partial charge < -0.3 is 4.74 Å². The number of rotatable bonds is 3. The maximum Gasteiger partial charge on any atom is 0.327 e. The summed E-state index contributed by atoms with van der Waals surface area (Å²) in [5.41, 5.74) is -0.00785. The average molecular weight is 231 g/mol. The highest BCUT2D eigenvalue weighted by Gasteiger charge is 2.09. The van der Waals surface area contributed by atoms with Crippen molar-refractivity contribution in [3.63, 3.8) is 0 Å². The molecule has 0 unspecified atom stereocenters. The number of hydrogen-bond donors (Lipinski definition) is 0. The van der Waals surface area contributed by atoms with E-state index >= 15 is 0 Å². The summed E-state index contributed by atoms with van der Waals surface area (Å²) in [6, 6.07) is 0. The molecule has 5 nitrogen and oxygen atoms in total. The monoisotopic (exact) mass is 230 g/mol. The first-order valence-electron chi connectivity index (χ1n) is 4.44. The second-order valence-electron chi connectivity index (χ2n) is 2.89. The van der Waals surface area contributed by atoms with Gasteiger partial charge in [0.25, 0.3) is 5.56 Å². The minimum absolute atomic E-state index is 0.190. The van der Waals surface area contributed by atoms with Gasteiger partial charge in [0.05, 0.1) is 17.8 Å². The molecule has 0 aromatic carbocycles. The number of aromatic nitrogens is 2. The average Bonchev–Trinajstić information content (AvgIpc) is 2.20. The van der Waals surface area contributed by atoms with E-state index in [9.17, 15) is 9.59 Å². The minimum Gasteiger partial charge on any atom is -0.465 e. The molecule has 0 radical (unpaired) electrons. The number of hydrogen-bond acceptors (Lipinski definition) is 4. The van der Waals surface area contributed by atoms with Crippen molar-refractivity contribution in [1.82, 2.24) is 9.78 Å². The third-order valence-corrected chi connectivity index (χ3v) is 2.19. The third-order valence-electron chi connectivity index (χ3n) is 1.81. The van der Waals surface area contributed by atoms with Crippen LogP contribution in [-0.4, -0.2) is 22.4 Å². The molecule has 6 heteroatoms. The first kappa shape index (κ1) is 11.7. The molecule has 0 fully saturated rings. The molecule has 0 aliphatic carbocycles. The second-order valence-corrected chi connectivity index (χ2v) is 3.29. The summed E-state index contributed by atoms with van der Waals surface area (Å²) in [6.07, 6.45) is 1.33. The molecular weight excluding hydrogens is 220 g/mol. The smallest absolute Gasteiger partial charge is 0.327 e. The van der Waals surface area contributed by atoms with E-state index in [1.807, 2.05) is 0 Å². The number of esters is 1. The van der Waals surface area contributed by atoms with Gasteiger partial charge in [0.2, 0.25) is 0 Å². The van der Waals surface area contributed by atoms with E-state index in [1.165, 1.54) is 6.20 Å². The molecular formula is C9H11ClN2O3. The van der Waals surface area contributed by atoms with Gasteiger partial charge in [0.1, 0.15) is 6.54 Å². The molecule has 0 spiro atoms. The van der Waals surface area contributed by atoms with Crippen LogP contribution in [0.1, 0.15) is 12.5 Å². The van der Waals surface area contributed by atoms with Gasteiger partial charge in [-0.25, -0.2) is 4.68 Å². The van der Waals surface area contributed by atoms with Crippen molar-refractivity contribution in [2.24, 2.45) is 0 Å². The number of carbonyl (C=O) groups is 1. The predicted octanol–water partition coefficient (Wildman–Crippen LogP) is 0.768. The Morgan fingerprint density at radius 3 is 2.93 bits per heavy atom. The number of halogens is 1. The Morgan fingerprint density at radius 2 is 2.33 bits per heavy atom. The van der Waals surface area contributed by atoms with Crippen LogP contribution in [0.25, 0.3) is 0 Å². The molecule has 1 aromatic heterocycles. The molecule has 0 atom stereocenters. The van der Waals surface area contributed by atoms with Crippen LogP contribution in [0, 0.1) is 6.92 Å². The SMILES string of the molecule is CCOC(=O)Cn1ncc(Cl)c(C)c1=O. The summed E-state index contributed by atoms with van der Waals surface area (Å²) in [4.78, 5) is 22.6. The van der Waals surface area contributed by atoms with E-state index in [2.05, 4.69) is 5.10 Å². The van der Waals surface area contributed by atoms with Gasteiger partial charge in [0.15, 0.2) is 0 Å². The molecule has 1 rings (SSSR count). The fourth-order valence-corrected chi connectivity index (χ4v) is 1.13. The van der Waals surface area contributed by atoms with Crippen LogP contribution in [0.2, 0.25) is 5.02 Å². The Bertz CT molecular complexity index is 428. The molecule has 1 heterocycles. The van der Waals surface area contributed by atoms with Crippen molar-refractivity contribution < 1.29 is 9.53 Å². The first-order valence-corrected chi connectivity index (χ1v) is 4.82. The summed E-state index contributed by atoms with van der Waals surface area (Å²) in [5.74, 6) is -0.492. The second kappa shape index (κ2) is 4.93. The first-order chi connectivity index (χ1) is 7.06. The quantitative estimate of drug-likeness (QED) is 0.720. The zero-order chi connectivity index (χ0) is 11.4. The van der Waals surface area contributed by atoms with Gasteiger partial charge in [-0.15, -0.1) is 0 Å². The fourth-order valence-electron chi connectivity index (χ4n) is 1.01. The van der Waals surface area contributed by atoms with Crippen LogP contribution in [-0.2, 0) is 16.1 Å². The summed E-state index contributed by atoms with van der Waals surface area (Å²) >= 11 is 5.69. The van der Waals surface area contributed by atoms with E-state index in [0.717, 1.165) is 4.68 Å². The van der Waals surface area contributed by atoms with Crippen molar-refractivity contribution >= 4 is 17.6 Å². The van der Waals surface area contributed by atoms with E-state index < -0.39 is 5.97 Å². The lowest BCUT2D eigenvalue weighted by molar-refractivity contribution is -0.144. The Balaban J connectivity index is 2.92. The van der Waals surface area contributed by atoms with Crippen LogP contribution < -0.4 is 5.56 Å².